The summed E-state index contributed by atoms with van der Waals surface area (Å²) in [5.74, 6) is 2.10. The molecule has 0 bridgehead atoms. The predicted molar refractivity (Wildman–Crippen MR) is 88.4 cm³/mol. The Kier molecular flexibility index (Phi) is 4.33. The fourth-order valence-corrected chi connectivity index (χ4v) is 3.67. The van der Waals surface area contributed by atoms with E-state index in [1.165, 1.54) is 5.56 Å². The van der Waals surface area contributed by atoms with Crippen LogP contribution in [0, 0.1) is 0 Å². The van der Waals surface area contributed by atoms with Crippen molar-refractivity contribution in [3.8, 4) is 0 Å². The number of halogens is 1. The molecule has 0 aliphatic carbocycles. The van der Waals surface area contributed by atoms with E-state index >= 15 is 0 Å². The van der Waals surface area contributed by atoms with Crippen LogP contribution in [0.15, 0.2) is 24.3 Å². The summed E-state index contributed by atoms with van der Waals surface area (Å²) in [6.45, 7) is 4.69. The van der Waals surface area contributed by atoms with Crippen LogP contribution in [-0.2, 0) is 24.2 Å². The summed E-state index contributed by atoms with van der Waals surface area (Å²) in [6, 6.07) is 8.11. The van der Waals surface area contributed by atoms with Crippen LogP contribution >= 0.6 is 11.6 Å². The second kappa shape index (κ2) is 6.59. The summed E-state index contributed by atoms with van der Waals surface area (Å²) in [5.41, 5.74) is 1.26. The fraction of sp³-hybridized carbons (Fsp3) is 0.529. The van der Waals surface area contributed by atoms with Gasteiger partial charge >= 0.3 is 0 Å². The van der Waals surface area contributed by atoms with Gasteiger partial charge in [0.25, 0.3) is 0 Å². The molecule has 0 spiro atoms. The van der Waals surface area contributed by atoms with Gasteiger partial charge in [0.05, 0.1) is 0 Å². The van der Waals surface area contributed by atoms with E-state index in [0.29, 0.717) is 0 Å². The minimum atomic E-state index is 0.135. The molecule has 0 amide bonds. The Morgan fingerprint density at radius 1 is 1.22 bits per heavy atom. The van der Waals surface area contributed by atoms with Crippen molar-refractivity contribution in [3.63, 3.8) is 0 Å². The summed E-state index contributed by atoms with van der Waals surface area (Å²) < 4.78 is 8.06. The van der Waals surface area contributed by atoms with Gasteiger partial charge in [0.1, 0.15) is 11.9 Å². The first-order valence-corrected chi connectivity index (χ1v) is 8.68. The van der Waals surface area contributed by atoms with E-state index in [9.17, 15) is 0 Å². The molecule has 5 nitrogen and oxygen atoms in total. The topological polar surface area (TPSA) is 43.2 Å². The van der Waals surface area contributed by atoms with Crippen LogP contribution in [-0.4, -0.2) is 39.4 Å². The average molecular weight is 333 g/mol. The molecule has 2 aliphatic rings. The Bertz CT molecular complexity index is 681. The lowest BCUT2D eigenvalue weighted by Crippen LogP contribution is -2.26. The summed E-state index contributed by atoms with van der Waals surface area (Å²) >= 11 is 6.09. The van der Waals surface area contributed by atoms with Crippen LogP contribution in [0.1, 0.15) is 36.2 Å². The summed E-state index contributed by atoms with van der Waals surface area (Å²) in [4.78, 5) is 2.46. The highest BCUT2D eigenvalue weighted by Crippen LogP contribution is 2.28. The van der Waals surface area contributed by atoms with Crippen molar-refractivity contribution in [2.45, 2.75) is 38.5 Å². The second-order valence-electron chi connectivity index (χ2n) is 6.28. The van der Waals surface area contributed by atoms with Gasteiger partial charge in [-0.3, -0.25) is 4.90 Å². The molecule has 4 rings (SSSR count). The fourth-order valence-electron chi connectivity index (χ4n) is 3.46. The quantitative estimate of drug-likeness (QED) is 0.867. The average Bonchev–Trinajstić information content (AvgIpc) is 3.16. The highest BCUT2D eigenvalue weighted by atomic mass is 35.5. The number of benzene rings is 1. The zero-order valence-electron chi connectivity index (χ0n) is 13.1. The number of ether oxygens (including phenoxy) is 1. The second-order valence-corrected chi connectivity index (χ2v) is 6.72. The van der Waals surface area contributed by atoms with Crippen LogP contribution in [0.3, 0.4) is 0 Å². The maximum Gasteiger partial charge on any atom is 0.162 e. The largest absolute Gasteiger partial charge is 0.370 e. The normalized spacial score (nSPS) is 22.0. The van der Waals surface area contributed by atoms with E-state index in [-0.39, 0.29) is 6.10 Å². The first kappa shape index (κ1) is 15.1. The smallest absolute Gasteiger partial charge is 0.162 e. The van der Waals surface area contributed by atoms with E-state index in [1.807, 2.05) is 18.2 Å². The Labute approximate surface area is 141 Å². The molecule has 2 aliphatic heterocycles. The Morgan fingerprint density at radius 3 is 3.00 bits per heavy atom. The van der Waals surface area contributed by atoms with Gasteiger partial charge in [0, 0.05) is 44.2 Å². The molecular formula is C17H21ClN4O. The number of hydrogen-bond donors (Lipinski definition) is 0. The molecule has 1 aromatic carbocycles. The lowest BCUT2D eigenvalue weighted by molar-refractivity contribution is 0.101. The van der Waals surface area contributed by atoms with Crippen LogP contribution < -0.4 is 0 Å². The summed E-state index contributed by atoms with van der Waals surface area (Å²) in [6.07, 6.45) is 3.24. The molecule has 1 aromatic heterocycles. The van der Waals surface area contributed by atoms with Crippen molar-refractivity contribution in [1.82, 2.24) is 19.7 Å². The van der Waals surface area contributed by atoms with Crippen molar-refractivity contribution >= 4 is 11.6 Å². The van der Waals surface area contributed by atoms with Crippen molar-refractivity contribution in [3.05, 3.63) is 46.5 Å². The van der Waals surface area contributed by atoms with Gasteiger partial charge < -0.3 is 9.30 Å². The Balaban J connectivity index is 1.46. The minimum Gasteiger partial charge on any atom is -0.370 e. The number of rotatable bonds is 3. The van der Waals surface area contributed by atoms with Crippen LogP contribution in [0.2, 0.25) is 5.02 Å². The maximum absolute atomic E-state index is 6.09. The molecule has 3 heterocycles. The lowest BCUT2D eigenvalue weighted by Gasteiger charge is -2.20. The van der Waals surface area contributed by atoms with E-state index in [4.69, 9.17) is 16.3 Å². The van der Waals surface area contributed by atoms with Crippen molar-refractivity contribution in [2.75, 3.05) is 19.7 Å². The van der Waals surface area contributed by atoms with Gasteiger partial charge in [-0.25, -0.2) is 0 Å². The van der Waals surface area contributed by atoms with Crippen molar-refractivity contribution in [2.24, 2.45) is 0 Å². The summed E-state index contributed by atoms with van der Waals surface area (Å²) in [7, 11) is 0. The molecule has 1 atom stereocenters. The first-order valence-electron chi connectivity index (χ1n) is 8.30. The first-order chi connectivity index (χ1) is 11.3. The van der Waals surface area contributed by atoms with E-state index < -0.39 is 0 Å². The predicted octanol–water partition coefficient (Wildman–Crippen LogP) is 2.84. The van der Waals surface area contributed by atoms with Crippen molar-refractivity contribution < 1.29 is 4.74 Å². The molecule has 6 heteroatoms. The van der Waals surface area contributed by atoms with E-state index in [0.717, 1.165) is 68.7 Å². The molecule has 0 radical (unpaired) electrons. The monoisotopic (exact) mass is 332 g/mol. The molecule has 2 aromatic rings. The summed E-state index contributed by atoms with van der Waals surface area (Å²) in [5, 5.41) is 9.60. The molecule has 23 heavy (non-hydrogen) atoms. The van der Waals surface area contributed by atoms with E-state index in [2.05, 4.69) is 25.7 Å². The number of hydrogen-bond acceptors (Lipinski definition) is 4. The van der Waals surface area contributed by atoms with Gasteiger partial charge in [0.2, 0.25) is 0 Å². The molecule has 0 unspecified atom stereocenters. The van der Waals surface area contributed by atoms with Gasteiger partial charge in [-0.05, 0) is 30.5 Å². The molecule has 122 valence electrons. The highest BCUT2D eigenvalue weighted by molar-refractivity contribution is 6.30. The van der Waals surface area contributed by atoms with Crippen LogP contribution in [0.5, 0.6) is 0 Å². The van der Waals surface area contributed by atoms with E-state index in [1.54, 1.807) is 0 Å². The molecule has 1 fully saturated rings. The van der Waals surface area contributed by atoms with Crippen LogP contribution in [0.25, 0.3) is 0 Å². The van der Waals surface area contributed by atoms with Gasteiger partial charge in [-0.2, -0.15) is 0 Å². The zero-order valence-corrected chi connectivity index (χ0v) is 13.9. The maximum atomic E-state index is 6.09. The molecule has 0 N–H and O–H groups in total. The third-order valence-corrected chi connectivity index (χ3v) is 4.90. The van der Waals surface area contributed by atoms with Crippen molar-refractivity contribution in [1.29, 1.82) is 0 Å². The number of aromatic nitrogens is 3. The lowest BCUT2D eigenvalue weighted by atomic mass is 10.2. The zero-order chi connectivity index (χ0) is 15.6. The number of nitrogens with zero attached hydrogens (tertiary/aromatic N) is 4. The minimum absolute atomic E-state index is 0.135. The standard InChI is InChI=1S/C17H21ClN4O/c18-14-4-1-3-13(11-14)12-21-7-6-16-19-20-17(22(16)9-8-21)15-5-2-10-23-15/h1,3-4,11,15H,2,5-10,12H2/t15-/m1/s1. The SMILES string of the molecule is Clc1cccc(CN2CCc3nnc([C@H]4CCCO4)n3CC2)c1. The number of fused-ring (bicyclic) bond motifs is 1. The third kappa shape index (κ3) is 3.27. The molecule has 1 saturated heterocycles. The van der Waals surface area contributed by atoms with Gasteiger partial charge in [-0.15, -0.1) is 10.2 Å². The van der Waals surface area contributed by atoms with Gasteiger partial charge in [0.15, 0.2) is 5.82 Å². The molecular weight excluding hydrogens is 312 g/mol. The third-order valence-electron chi connectivity index (χ3n) is 4.66. The van der Waals surface area contributed by atoms with Gasteiger partial charge in [-0.1, -0.05) is 23.7 Å². The highest BCUT2D eigenvalue weighted by Gasteiger charge is 2.26. The molecule has 0 saturated carbocycles. The van der Waals surface area contributed by atoms with Crippen LogP contribution in [0.4, 0.5) is 0 Å². The Hall–Kier alpha value is -1.43. The Morgan fingerprint density at radius 2 is 2.17 bits per heavy atom.